The van der Waals surface area contributed by atoms with Gasteiger partial charge in [0.05, 0.1) is 17.7 Å². The lowest BCUT2D eigenvalue weighted by atomic mass is 10.1. The van der Waals surface area contributed by atoms with Gasteiger partial charge in [0.2, 0.25) is 0 Å². The maximum atomic E-state index is 12.4. The molecule has 2 aromatic rings. The quantitative estimate of drug-likeness (QED) is 0.810. The minimum Gasteiger partial charge on any atom is -0.494 e. The zero-order chi connectivity index (χ0) is 18.2. The molecule has 1 atom stereocenters. The normalized spacial score (nSPS) is 11.5. The Kier molecular flexibility index (Phi) is 6.51. The van der Waals surface area contributed by atoms with Gasteiger partial charge < -0.3 is 15.4 Å². The van der Waals surface area contributed by atoms with Crippen molar-refractivity contribution < 1.29 is 14.3 Å². The van der Waals surface area contributed by atoms with E-state index < -0.39 is 0 Å². The molecule has 0 saturated carbocycles. The summed E-state index contributed by atoms with van der Waals surface area (Å²) in [6.45, 7) is 6.41. The molecule has 1 aromatic carbocycles. The van der Waals surface area contributed by atoms with Crippen LogP contribution in [0.15, 0.2) is 42.7 Å². The van der Waals surface area contributed by atoms with E-state index in [2.05, 4.69) is 15.6 Å². The van der Waals surface area contributed by atoms with Crippen molar-refractivity contribution in [3.8, 4) is 5.75 Å². The highest BCUT2D eigenvalue weighted by Crippen LogP contribution is 2.16. The van der Waals surface area contributed by atoms with Gasteiger partial charge in [-0.25, -0.2) is 0 Å². The van der Waals surface area contributed by atoms with Crippen LogP contribution < -0.4 is 15.4 Å². The lowest BCUT2D eigenvalue weighted by Gasteiger charge is -2.12. The van der Waals surface area contributed by atoms with Crippen LogP contribution in [0.3, 0.4) is 0 Å². The van der Waals surface area contributed by atoms with Crippen LogP contribution in [0, 0.1) is 0 Å². The zero-order valence-electron chi connectivity index (χ0n) is 14.7. The van der Waals surface area contributed by atoms with Gasteiger partial charge in [0, 0.05) is 24.1 Å². The van der Waals surface area contributed by atoms with Crippen LogP contribution in [0.25, 0.3) is 0 Å². The average Bonchev–Trinajstić information content (AvgIpc) is 2.63. The van der Waals surface area contributed by atoms with E-state index in [9.17, 15) is 9.59 Å². The number of pyridine rings is 1. The molecule has 0 fully saturated rings. The largest absolute Gasteiger partial charge is 0.494 e. The maximum absolute atomic E-state index is 12.4. The number of hydrogen-bond donors (Lipinski definition) is 2. The predicted molar refractivity (Wildman–Crippen MR) is 97.0 cm³/mol. The summed E-state index contributed by atoms with van der Waals surface area (Å²) in [5.41, 5.74) is 1.33. The Morgan fingerprint density at radius 3 is 2.32 bits per heavy atom. The van der Waals surface area contributed by atoms with Crippen molar-refractivity contribution in [1.29, 1.82) is 0 Å². The molecule has 0 spiro atoms. The van der Waals surface area contributed by atoms with Crippen LogP contribution in [0.4, 0.5) is 5.69 Å². The summed E-state index contributed by atoms with van der Waals surface area (Å²) in [7, 11) is 0. The molecule has 132 valence electrons. The number of aromatic nitrogens is 1. The maximum Gasteiger partial charge on any atom is 0.257 e. The Labute approximate surface area is 147 Å². The molecule has 1 unspecified atom stereocenters. The summed E-state index contributed by atoms with van der Waals surface area (Å²) in [6.07, 6.45) is 3.71. The van der Waals surface area contributed by atoms with Crippen molar-refractivity contribution in [2.24, 2.45) is 0 Å². The molecule has 2 amide bonds. The molecule has 0 radical (unpaired) electrons. The molecule has 0 saturated heterocycles. The number of ether oxygens (including phenoxy) is 1. The Bertz CT molecular complexity index is 729. The molecule has 1 heterocycles. The SMILES string of the molecule is CCOc1ccc(NC(=O)c2cncc(C(=O)NC(C)CC)c2)cc1. The van der Waals surface area contributed by atoms with E-state index in [1.54, 1.807) is 24.3 Å². The first-order valence-corrected chi connectivity index (χ1v) is 8.33. The molecule has 0 aliphatic rings. The first-order chi connectivity index (χ1) is 12.0. The number of nitrogens with zero attached hydrogens (tertiary/aromatic N) is 1. The van der Waals surface area contributed by atoms with E-state index in [0.717, 1.165) is 12.2 Å². The van der Waals surface area contributed by atoms with Crippen molar-refractivity contribution in [1.82, 2.24) is 10.3 Å². The fourth-order valence-electron chi connectivity index (χ4n) is 2.10. The summed E-state index contributed by atoms with van der Waals surface area (Å²) in [5.74, 6) is 0.179. The Morgan fingerprint density at radius 1 is 1.08 bits per heavy atom. The molecule has 1 aromatic heterocycles. The topological polar surface area (TPSA) is 80.3 Å². The summed E-state index contributed by atoms with van der Waals surface area (Å²) >= 11 is 0. The number of benzene rings is 1. The molecule has 0 bridgehead atoms. The van der Waals surface area contributed by atoms with E-state index in [0.29, 0.717) is 23.4 Å². The number of carbonyl (C=O) groups excluding carboxylic acids is 2. The molecular weight excluding hydrogens is 318 g/mol. The summed E-state index contributed by atoms with van der Waals surface area (Å²) in [4.78, 5) is 28.5. The van der Waals surface area contributed by atoms with Crippen LogP contribution in [0.2, 0.25) is 0 Å². The standard InChI is InChI=1S/C19H23N3O3/c1-4-13(3)21-18(23)14-10-15(12-20-11-14)19(24)22-16-6-8-17(9-7-16)25-5-2/h6-13H,4-5H2,1-3H3,(H,21,23)(H,22,24). The highest BCUT2D eigenvalue weighted by Gasteiger charge is 2.13. The van der Waals surface area contributed by atoms with Crippen molar-refractivity contribution in [2.45, 2.75) is 33.2 Å². The summed E-state index contributed by atoms with van der Waals surface area (Å²) < 4.78 is 5.37. The lowest BCUT2D eigenvalue weighted by Crippen LogP contribution is -2.32. The Hall–Kier alpha value is -2.89. The fourth-order valence-corrected chi connectivity index (χ4v) is 2.10. The van der Waals surface area contributed by atoms with Gasteiger partial charge in [0.15, 0.2) is 0 Å². The van der Waals surface area contributed by atoms with Gasteiger partial charge in [-0.05, 0) is 50.6 Å². The molecule has 0 aliphatic carbocycles. The Morgan fingerprint density at radius 2 is 1.72 bits per heavy atom. The second-order valence-corrected chi connectivity index (χ2v) is 5.66. The molecule has 0 aliphatic heterocycles. The summed E-state index contributed by atoms with van der Waals surface area (Å²) in [5, 5.41) is 5.63. The predicted octanol–water partition coefficient (Wildman–Crippen LogP) is 3.26. The monoisotopic (exact) mass is 341 g/mol. The Balaban J connectivity index is 2.06. The molecule has 2 N–H and O–H groups in total. The van der Waals surface area contributed by atoms with E-state index >= 15 is 0 Å². The minimum atomic E-state index is -0.324. The first-order valence-electron chi connectivity index (χ1n) is 8.33. The molecule has 2 rings (SSSR count). The number of rotatable bonds is 7. The fraction of sp³-hybridized carbons (Fsp3) is 0.316. The van der Waals surface area contributed by atoms with Gasteiger partial charge in [-0.15, -0.1) is 0 Å². The van der Waals surface area contributed by atoms with Crippen molar-refractivity contribution >= 4 is 17.5 Å². The van der Waals surface area contributed by atoms with Gasteiger partial charge >= 0.3 is 0 Å². The number of anilines is 1. The highest BCUT2D eigenvalue weighted by atomic mass is 16.5. The molecule has 6 heteroatoms. The smallest absolute Gasteiger partial charge is 0.257 e. The molecular formula is C19H23N3O3. The van der Waals surface area contributed by atoms with Gasteiger partial charge in [-0.2, -0.15) is 0 Å². The zero-order valence-corrected chi connectivity index (χ0v) is 14.7. The van der Waals surface area contributed by atoms with Crippen LogP contribution in [-0.4, -0.2) is 29.4 Å². The average molecular weight is 341 g/mol. The van der Waals surface area contributed by atoms with E-state index in [-0.39, 0.29) is 17.9 Å². The van der Waals surface area contributed by atoms with Gasteiger partial charge in [0.25, 0.3) is 11.8 Å². The summed E-state index contributed by atoms with van der Waals surface area (Å²) in [6, 6.07) is 8.69. The second kappa shape index (κ2) is 8.82. The number of nitrogens with one attached hydrogen (secondary N) is 2. The molecule has 6 nitrogen and oxygen atoms in total. The second-order valence-electron chi connectivity index (χ2n) is 5.66. The molecule has 25 heavy (non-hydrogen) atoms. The number of carbonyl (C=O) groups is 2. The van der Waals surface area contributed by atoms with Crippen LogP contribution >= 0.6 is 0 Å². The van der Waals surface area contributed by atoms with Crippen molar-refractivity contribution in [2.75, 3.05) is 11.9 Å². The van der Waals surface area contributed by atoms with Crippen LogP contribution in [-0.2, 0) is 0 Å². The van der Waals surface area contributed by atoms with Crippen LogP contribution in [0.5, 0.6) is 5.75 Å². The van der Waals surface area contributed by atoms with Crippen molar-refractivity contribution in [3.63, 3.8) is 0 Å². The van der Waals surface area contributed by atoms with E-state index in [1.807, 2.05) is 20.8 Å². The number of hydrogen-bond acceptors (Lipinski definition) is 4. The third-order valence-electron chi connectivity index (χ3n) is 3.68. The minimum absolute atomic E-state index is 0.0637. The number of amides is 2. The van der Waals surface area contributed by atoms with Crippen molar-refractivity contribution in [3.05, 3.63) is 53.9 Å². The van der Waals surface area contributed by atoms with Gasteiger partial charge in [0.1, 0.15) is 5.75 Å². The highest BCUT2D eigenvalue weighted by molar-refractivity contribution is 6.05. The lowest BCUT2D eigenvalue weighted by molar-refractivity contribution is 0.0939. The van der Waals surface area contributed by atoms with E-state index in [1.165, 1.54) is 18.5 Å². The third-order valence-corrected chi connectivity index (χ3v) is 3.68. The van der Waals surface area contributed by atoms with Crippen LogP contribution in [0.1, 0.15) is 47.9 Å². The van der Waals surface area contributed by atoms with E-state index in [4.69, 9.17) is 4.74 Å². The first kappa shape index (κ1) is 18.4. The van der Waals surface area contributed by atoms with Gasteiger partial charge in [-0.3, -0.25) is 14.6 Å². The van der Waals surface area contributed by atoms with Gasteiger partial charge in [-0.1, -0.05) is 6.92 Å². The third kappa shape index (κ3) is 5.31.